The molecule has 18 heavy (non-hydrogen) atoms. The van der Waals surface area contributed by atoms with Crippen molar-refractivity contribution in [1.82, 2.24) is 10.2 Å². The van der Waals surface area contributed by atoms with Crippen molar-refractivity contribution < 1.29 is 14.7 Å². The van der Waals surface area contributed by atoms with Gasteiger partial charge in [-0.05, 0) is 31.2 Å². The minimum absolute atomic E-state index is 0.0489. The van der Waals surface area contributed by atoms with E-state index < -0.39 is 5.97 Å². The molecule has 102 valence electrons. The minimum Gasteiger partial charge on any atom is -0.481 e. The second kappa shape index (κ2) is 5.26. The van der Waals surface area contributed by atoms with Gasteiger partial charge in [0.25, 0.3) is 0 Å². The third kappa shape index (κ3) is 3.02. The molecular weight excluding hydrogens is 232 g/mol. The van der Waals surface area contributed by atoms with Crippen molar-refractivity contribution in [3.63, 3.8) is 0 Å². The van der Waals surface area contributed by atoms with Crippen molar-refractivity contribution in [2.75, 3.05) is 26.2 Å². The Hall–Kier alpha value is -1.10. The van der Waals surface area contributed by atoms with Crippen LogP contribution in [0.5, 0.6) is 0 Å². The van der Waals surface area contributed by atoms with Crippen LogP contribution in [-0.4, -0.2) is 48.1 Å². The molecule has 0 aromatic rings. The van der Waals surface area contributed by atoms with Gasteiger partial charge in [-0.15, -0.1) is 0 Å². The van der Waals surface area contributed by atoms with E-state index in [1.54, 1.807) is 4.90 Å². The van der Waals surface area contributed by atoms with Gasteiger partial charge in [0.2, 0.25) is 5.91 Å². The van der Waals surface area contributed by atoms with Crippen LogP contribution in [0.3, 0.4) is 0 Å². The highest BCUT2D eigenvalue weighted by Crippen LogP contribution is 2.30. The first kappa shape index (κ1) is 13.3. The van der Waals surface area contributed by atoms with Crippen LogP contribution in [-0.2, 0) is 9.59 Å². The van der Waals surface area contributed by atoms with Crippen molar-refractivity contribution in [1.29, 1.82) is 0 Å². The van der Waals surface area contributed by atoms with Gasteiger partial charge in [0.05, 0.1) is 5.92 Å². The number of nitrogens with one attached hydrogen (secondary N) is 1. The van der Waals surface area contributed by atoms with E-state index in [1.807, 2.05) is 0 Å². The Labute approximate surface area is 108 Å². The summed E-state index contributed by atoms with van der Waals surface area (Å²) in [5.41, 5.74) is 0.0489. The largest absolute Gasteiger partial charge is 0.481 e. The molecule has 0 aromatic carbocycles. The fourth-order valence-electron chi connectivity index (χ4n) is 2.90. The molecule has 2 atom stereocenters. The molecule has 5 heteroatoms. The summed E-state index contributed by atoms with van der Waals surface area (Å²) in [7, 11) is 0. The van der Waals surface area contributed by atoms with Crippen molar-refractivity contribution in [2.45, 2.75) is 32.6 Å². The van der Waals surface area contributed by atoms with Gasteiger partial charge in [0.15, 0.2) is 0 Å². The van der Waals surface area contributed by atoms with E-state index in [4.69, 9.17) is 5.11 Å². The highest BCUT2D eigenvalue weighted by Gasteiger charge is 2.34. The first-order valence-corrected chi connectivity index (χ1v) is 6.71. The fourth-order valence-corrected chi connectivity index (χ4v) is 2.90. The molecule has 0 radical (unpaired) electrons. The summed E-state index contributed by atoms with van der Waals surface area (Å²) in [5, 5.41) is 12.3. The van der Waals surface area contributed by atoms with Crippen LogP contribution in [0.15, 0.2) is 0 Å². The zero-order valence-electron chi connectivity index (χ0n) is 10.9. The Kier molecular flexibility index (Phi) is 3.90. The van der Waals surface area contributed by atoms with Gasteiger partial charge in [-0.25, -0.2) is 0 Å². The SMILES string of the molecule is CC1(CC(=O)N2CCC[C@@H](C(=O)O)C2)CCNC1. The number of piperidine rings is 1. The number of carbonyl (C=O) groups excluding carboxylic acids is 1. The smallest absolute Gasteiger partial charge is 0.308 e. The van der Waals surface area contributed by atoms with Crippen LogP contribution in [0.2, 0.25) is 0 Å². The van der Waals surface area contributed by atoms with Gasteiger partial charge in [-0.3, -0.25) is 9.59 Å². The summed E-state index contributed by atoms with van der Waals surface area (Å²) in [6.45, 7) is 5.09. The maximum atomic E-state index is 12.2. The lowest BCUT2D eigenvalue weighted by Crippen LogP contribution is -2.44. The van der Waals surface area contributed by atoms with E-state index >= 15 is 0 Å². The van der Waals surface area contributed by atoms with Gasteiger partial charge >= 0.3 is 5.97 Å². The van der Waals surface area contributed by atoms with Gasteiger partial charge in [-0.2, -0.15) is 0 Å². The predicted molar refractivity (Wildman–Crippen MR) is 67.2 cm³/mol. The average Bonchev–Trinajstić information content (AvgIpc) is 2.76. The molecular formula is C13H22N2O3. The normalized spacial score (nSPS) is 32.5. The first-order valence-electron chi connectivity index (χ1n) is 6.71. The van der Waals surface area contributed by atoms with Gasteiger partial charge in [0.1, 0.15) is 0 Å². The lowest BCUT2D eigenvalue weighted by atomic mass is 9.85. The molecule has 0 saturated carbocycles. The molecule has 2 aliphatic heterocycles. The number of nitrogens with zero attached hydrogens (tertiary/aromatic N) is 1. The first-order chi connectivity index (χ1) is 8.50. The molecule has 2 rings (SSSR count). The fraction of sp³-hybridized carbons (Fsp3) is 0.846. The summed E-state index contributed by atoms with van der Waals surface area (Å²) in [5.74, 6) is -1.04. The van der Waals surface area contributed by atoms with Crippen LogP contribution in [0.4, 0.5) is 0 Å². The molecule has 2 fully saturated rings. The van der Waals surface area contributed by atoms with Crippen molar-refractivity contribution in [3.8, 4) is 0 Å². The maximum Gasteiger partial charge on any atom is 0.308 e. The van der Waals surface area contributed by atoms with Crippen molar-refractivity contribution in [3.05, 3.63) is 0 Å². The molecule has 2 saturated heterocycles. The molecule has 2 heterocycles. The zero-order chi connectivity index (χ0) is 13.2. The third-order valence-electron chi connectivity index (χ3n) is 4.16. The molecule has 2 N–H and O–H groups in total. The monoisotopic (exact) mass is 254 g/mol. The highest BCUT2D eigenvalue weighted by atomic mass is 16.4. The Morgan fingerprint density at radius 1 is 1.50 bits per heavy atom. The molecule has 5 nitrogen and oxygen atoms in total. The predicted octanol–water partition coefficient (Wildman–Crippen LogP) is 0.699. The van der Waals surface area contributed by atoms with Gasteiger partial charge < -0.3 is 15.3 Å². The third-order valence-corrected chi connectivity index (χ3v) is 4.16. The van der Waals surface area contributed by atoms with Gasteiger partial charge in [-0.1, -0.05) is 6.92 Å². The number of rotatable bonds is 3. The van der Waals surface area contributed by atoms with E-state index in [2.05, 4.69) is 12.2 Å². The highest BCUT2D eigenvalue weighted by molar-refractivity contribution is 5.78. The second-order valence-electron chi connectivity index (χ2n) is 5.93. The lowest BCUT2D eigenvalue weighted by molar-refractivity contribution is -0.146. The minimum atomic E-state index is -0.777. The Morgan fingerprint density at radius 2 is 2.28 bits per heavy atom. The molecule has 0 aliphatic carbocycles. The second-order valence-corrected chi connectivity index (χ2v) is 5.93. The number of carboxylic acids is 1. The van der Waals surface area contributed by atoms with E-state index in [-0.39, 0.29) is 17.2 Å². The molecule has 0 bridgehead atoms. The summed E-state index contributed by atoms with van der Waals surface area (Å²) in [4.78, 5) is 25.0. The van der Waals surface area contributed by atoms with E-state index in [0.717, 1.165) is 25.9 Å². The molecule has 0 spiro atoms. The van der Waals surface area contributed by atoms with E-state index in [0.29, 0.717) is 25.9 Å². The lowest BCUT2D eigenvalue weighted by Gasteiger charge is -2.33. The van der Waals surface area contributed by atoms with Crippen LogP contribution in [0.25, 0.3) is 0 Å². The van der Waals surface area contributed by atoms with Crippen LogP contribution in [0.1, 0.15) is 32.6 Å². The number of amides is 1. The number of hydrogen-bond donors (Lipinski definition) is 2. The topological polar surface area (TPSA) is 69.6 Å². The van der Waals surface area contributed by atoms with E-state index in [1.165, 1.54) is 0 Å². The van der Waals surface area contributed by atoms with Gasteiger partial charge in [0, 0.05) is 26.1 Å². The molecule has 0 aromatic heterocycles. The quantitative estimate of drug-likeness (QED) is 0.778. The van der Waals surface area contributed by atoms with Crippen LogP contribution < -0.4 is 5.32 Å². The molecule has 2 aliphatic rings. The summed E-state index contributed by atoms with van der Waals surface area (Å²) >= 11 is 0. The molecule has 1 unspecified atom stereocenters. The summed E-state index contributed by atoms with van der Waals surface area (Å²) < 4.78 is 0. The summed E-state index contributed by atoms with van der Waals surface area (Å²) in [6.07, 6.45) is 3.05. The number of carbonyl (C=O) groups is 2. The standard InChI is InChI=1S/C13H22N2O3/c1-13(4-5-14-9-13)7-11(16)15-6-2-3-10(8-15)12(17)18/h10,14H,2-9H2,1H3,(H,17,18)/t10-,13?/m1/s1. The van der Waals surface area contributed by atoms with Crippen molar-refractivity contribution in [2.24, 2.45) is 11.3 Å². The van der Waals surface area contributed by atoms with Crippen LogP contribution in [0, 0.1) is 11.3 Å². The van der Waals surface area contributed by atoms with Crippen molar-refractivity contribution >= 4 is 11.9 Å². The Balaban J connectivity index is 1.90. The zero-order valence-corrected chi connectivity index (χ0v) is 10.9. The number of aliphatic carboxylic acids is 1. The molecule has 1 amide bonds. The number of carboxylic acid groups (broad SMARTS) is 1. The summed E-state index contributed by atoms with van der Waals surface area (Å²) in [6, 6.07) is 0. The average molecular weight is 254 g/mol. The van der Waals surface area contributed by atoms with Crippen LogP contribution >= 0.6 is 0 Å². The van der Waals surface area contributed by atoms with E-state index in [9.17, 15) is 9.59 Å². The Bertz CT molecular complexity index is 337. The maximum absolute atomic E-state index is 12.2. The number of hydrogen-bond acceptors (Lipinski definition) is 3. The Morgan fingerprint density at radius 3 is 2.89 bits per heavy atom. The number of likely N-dealkylation sites (tertiary alicyclic amines) is 1.